The smallest absolute Gasteiger partial charge is 0.318 e. The number of nitrogens with zero attached hydrogens (tertiary/aromatic N) is 3. The second-order valence-corrected chi connectivity index (χ2v) is 17.5. The summed E-state index contributed by atoms with van der Waals surface area (Å²) in [7, 11) is -2.32. The van der Waals surface area contributed by atoms with Crippen molar-refractivity contribution in [1.82, 2.24) is 30.2 Å². The first kappa shape index (κ1) is 36.4. The maximum Gasteiger partial charge on any atom is 0.318 e. The standard InChI is InChI=1S/C36H43ClN6O7S2/c1-20(2)26-19-51-33(40-26)25-16-29(24-12-13-28(49-3)30(37)31(24)39-25)50-22-15-27-32(44)41-36(34(45)42-52(47,48)23-10-11-23)17-21(36)9-7-5-4-6-8-14-38-35(46)43(27)18-22/h7,9,12-13,16,19-23,27H,4-6,8,10-11,14-15,17-18H2,1-3H3,(H,38,46)(H,41,44)(H,42,45). The van der Waals surface area contributed by atoms with Gasteiger partial charge in [-0.1, -0.05) is 44.0 Å². The number of pyridine rings is 1. The fraction of sp³-hybridized carbons (Fsp3) is 0.528. The van der Waals surface area contributed by atoms with Crippen molar-refractivity contribution in [2.75, 3.05) is 20.2 Å². The predicted molar refractivity (Wildman–Crippen MR) is 198 cm³/mol. The van der Waals surface area contributed by atoms with E-state index < -0.39 is 50.8 Å². The van der Waals surface area contributed by atoms with Crippen molar-refractivity contribution >= 4 is 61.7 Å². The number of hydrogen-bond donors (Lipinski definition) is 3. The van der Waals surface area contributed by atoms with Crippen molar-refractivity contribution in [3.8, 4) is 22.2 Å². The van der Waals surface area contributed by atoms with Gasteiger partial charge in [0, 0.05) is 35.7 Å². The fourth-order valence-corrected chi connectivity index (χ4v) is 9.45. The van der Waals surface area contributed by atoms with Crippen molar-refractivity contribution in [1.29, 1.82) is 0 Å². The summed E-state index contributed by atoms with van der Waals surface area (Å²) in [5.41, 5.74) is 0.508. The number of nitrogens with one attached hydrogen (secondary N) is 3. The Labute approximate surface area is 311 Å². The van der Waals surface area contributed by atoms with Crippen LogP contribution in [0.1, 0.15) is 76.8 Å². The number of benzene rings is 1. The first-order valence-corrected chi connectivity index (χ1v) is 20.6. The minimum Gasteiger partial charge on any atom is -0.495 e. The molecule has 2 aliphatic carbocycles. The summed E-state index contributed by atoms with van der Waals surface area (Å²) < 4.78 is 39.9. The molecule has 0 spiro atoms. The Morgan fingerprint density at radius 2 is 1.96 bits per heavy atom. The summed E-state index contributed by atoms with van der Waals surface area (Å²) in [5, 5.41) is 8.86. The van der Waals surface area contributed by atoms with Crippen LogP contribution in [0.5, 0.6) is 11.5 Å². The van der Waals surface area contributed by atoms with E-state index in [4.69, 9.17) is 31.0 Å². The maximum absolute atomic E-state index is 14.2. The van der Waals surface area contributed by atoms with Crippen molar-refractivity contribution in [3.63, 3.8) is 0 Å². The summed E-state index contributed by atoms with van der Waals surface area (Å²) in [6, 6.07) is 3.92. The van der Waals surface area contributed by atoms with Gasteiger partial charge in [0.1, 0.15) is 44.9 Å². The molecule has 278 valence electrons. The molecular formula is C36H43ClN6O7S2. The zero-order valence-electron chi connectivity index (χ0n) is 29.3. The van der Waals surface area contributed by atoms with E-state index in [1.165, 1.54) is 23.3 Å². The molecule has 2 aromatic heterocycles. The van der Waals surface area contributed by atoms with Crippen molar-refractivity contribution in [2.45, 2.75) is 94.1 Å². The molecule has 4 unspecified atom stereocenters. The Morgan fingerprint density at radius 3 is 2.69 bits per heavy atom. The first-order chi connectivity index (χ1) is 24.9. The number of hydrogen-bond acceptors (Lipinski definition) is 10. The second kappa shape index (κ2) is 14.5. The van der Waals surface area contributed by atoms with Gasteiger partial charge in [-0.2, -0.15) is 0 Å². The van der Waals surface area contributed by atoms with E-state index in [9.17, 15) is 22.8 Å². The number of sulfonamides is 1. The van der Waals surface area contributed by atoms with Gasteiger partial charge in [-0.05, 0) is 56.6 Å². The Hall–Kier alpha value is -3.95. The second-order valence-electron chi connectivity index (χ2n) is 14.3. The zero-order chi connectivity index (χ0) is 36.8. The normalized spacial score (nSPS) is 25.4. The number of carbonyl (C=O) groups excluding carboxylic acids is 3. The maximum atomic E-state index is 14.2. The van der Waals surface area contributed by atoms with Crippen molar-refractivity contribution in [3.05, 3.63) is 46.4 Å². The number of aromatic nitrogens is 2. The molecular weight excluding hydrogens is 728 g/mol. The highest BCUT2D eigenvalue weighted by atomic mass is 35.5. The molecule has 4 heterocycles. The summed E-state index contributed by atoms with van der Waals surface area (Å²) in [6.07, 6.45) is 7.93. The van der Waals surface area contributed by atoms with Gasteiger partial charge in [-0.25, -0.2) is 23.2 Å². The molecule has 3 N–H and O–H groups in total. The third kappa shape index (κ3) is 7.31. The molecule has 3 aromatic rings. The molecule has 7 rings (SSSR count). The van der Waals surface area contributed by atoms with Crippen LogP contribution in [0.2, 0.25) is 5.02 Å². The first-order valence-electron chi connectivity index (χ1n) is 17.8. The highest BCUT2D eigenvalue weighted by Crippen LogP contribution is 2.46. The van der Waals surface area contributed by atoms with Crippen LogP contribution < -0.4 is 24.8 Å². The molecule has 4 amide bonds. The van der Waals surface area contributed by atoms with Crippen LogP contribution in [-0.2, 0) is 19.6 Å². The minimum absolute atomic E-state index is 0.0836. The molecule has 4 atom stereocenters. The van der Waals surface area contributed by atoms with Crippen molar-refractivity contribution in [2.24, 2.45) is 5.92 Å². The Bertz CT molecular complexity index is 2030. The van der Waals surface area contributed by atoms with Crippen LogP contribution in [0, 0.1) is 5.92 Å². The molecule has 1 aromatic carbocycles. The lowest BCUT2D eigenvalue weighted by Gasteiger charge is -2.26. The lowest BCUT2D eigenvalue weighted by molar-refractivity contribution is -0.131. The molecule has 4 aliphatic rings. The fourth-order valence-electron chi connectivity index (χ4n) is 6.87. The van der Waals surface area contributed by atoms with Crippen LogP contribution in [0.25, 0.3) is 21.6 Å². The van der Waals surface area contributed by atoms with Gasteiger partial charge < -0.3 is 25.0 Å². The summed E-state index contributed by atoms with van der Waals surface area (Å²) in [6.45, 7) is 4.66. The third-order valence-corrected chi connectivity index (χ3v) is 13.2. The van der Waals surface area contributed by atoms with Gasteiger partial charge in [0.15, 0.2) is 0 Å². The van der Waals surface area contributed by atoms with Crippen LogP contribution in [0.4, 0.5) is 4.79 Å². The lowest BCUT2D eigenvalue weighted by atomic mass is 10.1. The summed E-state index contributed by atoms with van der Waals surface area (Å²) >= 11 is 8.24. The highest BCUT2D eigenvalue weighted by molar-refractivity contribution is 7.91. The number of urea groups is 1. The molecule has 3 fully saturated rings. The largest absolute Gasteiger partial charge is 0.495 e. The number of fused-ring (bicyclic) bond motifs is 3. The van der Waals surface area contributed by atoms with Gasteiger partial charge in [-0.3, -0.25) is 14.3 Å². The number of methoxy groups -OCH3 is 1. The molecule has 52 heavy (non-hydrogen) atoms. The SMILES string of the molecule is COc1ccc2c(OC3CC4C(=O)NC5(C(=O)NS(=O)(=O)C6CC6)CC5C=CCCCCCNC(=O)N4C3)cc(-c3nc(C(C)C)cs3)nc2c1Cl. The average Bonchev–Trinajstić information content (AvgIpc) is 3.98. The van der Waals surface area contributed by atoms with Crippen LogP contribution in [-0.4, -0.2) is 84.3 Å². The van der Waals surface area contributed by atoms with Crippen LogP contribution in [0.15, 0.2) is 35.7 Å². The quantitative estimate of drug-likeness (QED) is 0.258. The van der Waals surface area contributed by atoms with E-state index in [-0.39, 0.29) is 31.2 Å². The molecule has 0 bridgehead atoms. The molecule has 0 radical (unpaired) electrons. The van der Waals surface area contributed by atoms with E-state index in [2.05, 4.69) is 29.2 Å². The number of thiazole rings is 1. The summed E-state index contributed by atoms with van der Waals surface area (Å²) in [4.78, 5) is 52.5. The number of amides is 4. The van der Waals surface area contributed by atoms with Crippen molar-refractivity contribution < 1.29 is 32.3 Å². The van der Waals surface area contributed by atoms with Gasteiger partial charge in [0.25, 0.3) is 5.91 Å². The number of carbonyl (C=O) groups is 3. The van der Waals surface area contributed by atoms with E-state index in [1.807, 2.05) is 17.5 Å². The lowest BCUT2D eigenvalue weighted by Crippen LogP contribution is -2.57. The Kier molecular flexibility index (Phi) is 10.1. The topological polar surface area (TPSA) is 169 Å². The van der Waals surface area contributed by atoms with E-state index >= 15 is 0 Å². The molecule has 16 heteroatoms. The number of rotatable bonds is 8. The molecule has 13 nitrogen and oxygen atoms in total. The zero-order valence-corrected chi connectivity index (χ0v) is 31.7. The number of allylic oxidation sites excluding steroid dienone is 1. The highest BCUT2D eigenvalue weighted by Gasteiger charge is 2.62. The number of halogens is 1. The van der Waals surface area contributed by atoms with E-state index in [1.54, 1.807) is 18.2 Å². The number of ether oxygens (including phenoxy) is 2. The average molecular weight is 771 g/mol. The summed E-state index contributed by atoms with van der Waals surface area (Å²) in [5.74, 6) is -0.559. The van der Waals surface area contributed by atoms with E-state index in [0.717, 1.165) is 31.4 Å². The van der Waals surface area contributed by atoms with Gasteiger partial charge in [0.05, 0.1) is 30.1 Å². The molecule has 1 saturated heterocycles. The third-order valence-electron chi connectivity index (χ3n) is 10.2. The Balaban J connectivity index is 1.20. The van der Waals surface area contributed by atoms with Crippen LogP contribution >= 0.6 is 22.9 Å². The van der Waals surface area contributed by atoms with E-state index in [0.29, 0.717) is 57.5 Å². The van der Waals surface area contributed by atoms with Gasteiger partial charge >= 0.3 is 6.03 Å². The van der Waals surface area contributed by atoms with Gasteiger partial charge in [0.2, 0.25) is 15.9 Å². The monoisotopic (exact) mass is 770 g/mol. The predicted octanol–water partition coefficient (Wildman–Crippen LogP) is 5.29. The van der Waals surface area contributed by atoms with Gasteiger partial charge in [-0.15, -0.1) is 11.3 Å². The molecule has 2 saturated carbocycles. The minimum atomic E-state index is -3.85. The van der Waals surface area contributed by atoms with Crippen LogP contribution in [0.3, 0.4) is 0 Å². The molecule has 2 aliphatic heterocycles. The Morgan fingerprint density at radius 1 is 1.15 bits per heavy atom.